The van der Waals surface area contributed by atoms with Gasteiger partial charge < -0.3 is 0 Å². The van der Waals surface area contributed by atoms with E-state index in [0.717, 1.165) is 50.0 Å². The third-order valence-electron chi connectivity index (χ3n) is 2.88. The van der Waals surface area contributed by atoms with Gasteiger partial charge in [0.1, 0.15) is 4.91 Å². The molecule has 0 unspecified atom stereocenters. The first kappa shape index (κ1) is 11.2. The van der Waals surface area contributed by atoms with Crippen molar-refractivity contribution >= 4 is 0 Å². The van der Waals surface area contributed by atoms with Crippen molar-refractivity contribution in [1.29, 1.82) is 0 Å². The van der Waals surface area contributed by atoms with E-state index in [1.165, 1.54) is 12.8 Å². The zero-order valence-corrected chi connectivity index (χ0v) is 9.48. The van der Waals surface area contributed by atoms with Gasteiger partial charge in [-0.15, -0.1) is 9.68 Å². The molecule has 0 radical (unpaired) electrons. The second kappa shape index (κ2) is 5.68. The third kappa shape index (κ3) is 3.36. The molecule has 2 aliphatic rings. The molecule has 0 aliphatic heterocycles. The molecule has 4 nitrogen and oxygen atoms in total. The number of nitrogens with zero attached hydrogens (tertiary/aromatic N) is 1. The van der Waals surface area contributed by atoms with Crippen LogP contribution in [0.15, 0.2) is 23.7 Å². The monoisotopic (exact) mass is 224 g/mol. The molecule has 2 rings (SSSR count). The number of hydrogen-bond donors (Lipinski definition) is 0. The van der Waals surface area contributed by atoms with Crippen LogP contribution in [-0.2, 0) is 9.68 Å². The van der Waals surface area contributed by atoms with E-state index in [1.807, 2.05) is 12.2 Å². The SMILES string of the molecule is O=[N+](OC1=CCCCC1)OC1=CCCCC1. The van der Waals surface area contributed by atoms with Gasteiger partial charge in [-0.05, 0) is 50.7 Å². The topological polar surface area (TPSA) is 38.5 Å². The number of hydrogen-bond acceptors (Lipinski definition) is 3. The van der Waals surface area contributed by atoms with E-state index in [1.54, 1.807) is 0 Å². The molecule has 4 heteroatoms. The lowest BCUT2D eigenvalue weighted by molar-refractivity contribution is -0.964. The average molecular weight is 224 g/mol. The fourth-order valence-electron chi connectivity index (χ4n) is 1.99. The average Bonchev–Trinajstić information content (AvgIpc) is 2.31. The molecule has 0 spiro atoms. The lowest BCUT2D eigenvalue weighted by Gasteiger charge is -2.08. The van der Waals surface area contributed by atoms with Crippen LogP contribution in [0.1, 0.15) is 51.4 Å². The normalized spacial score (nSPS) is 20.8. The summed E-state index contributed by atoms with van der Waals surface area (Å²) in [5.41, 5.74) is 0. The van der Waals surface area contributed by atoms with Gasteiger partial charge in [-0.2, -0.15) is 0 Å². The van der Waals surface area contributed by atoms with Gasteiger partial charge in [-0.1, -0.05) is 0 Å². The van der Waals surface area contributed by atoms with Crippen LogP contribution in [0.4, 0.5) is 0 Å². The van der Waals surface area contributed by atoms with E-state index < -0.39 is 0 Å². The zero-order valence-electron chi connectivity index (χ0n) is 9.48. The van der Waals surface area contributed by atoms with Gasteiger partial charge in [0, 0.05) is 12.8 Å². The summed E-state index contributed by atoms with van der Waals surface area (Å²) in [6, 6.07) is 0. The van der Waals surface area contributed by atoms with Crippen LogP contribution in [0.5, 0.6) is 0 Å². The molecule has 0 bridgehead atoms. The predicted octanol–water partition coefficient (Wildman–Crippen LogP) is 3.54. The van der Waals surface area contributed by atoms with Crippen molar-refractivity contribution < 1.29 is 14.8 Å². The van der Waals surface area contributed by atoms with Crippen LogP contribution >= 0.6 is 0 Å². The molecular formula is C12H18NO3+. The number of rotatable bonds is 4. The molecule has 0 fully saturated rings. The molecule has 0 saturated carbocycles. The standard InChI is InChI=1S/C12H18NO3/c14-13(15-11-7-3-1-4-8-11)16-12-9-5-2-6-10-12/h7,9H,1-6,8,10H2/q+1. The van der Waals surface area contributed by atoms with Crippen LogP contribution in [0.25, 0.3) is 0 Å². The summed E-state index contributed by atoms with van der Waals surface area (Å²) < 4.78 is 0. The minimum absolute atomic E-state index is 0.244. The fourth-order valence-corrected chi connectivity index (χ4v) is 1.99. The Balaban J connectivity index is 1.79. The second-order valence-corrected chi connectivity index (χ2v) is 4.24. The van der Waals surface area contributed by atoms with E-state index in [0.29, 0.717) is 0 Å². The van der Waals surface area contributed by atoms with Crippen LogP contribution < -0.4 is 0 Å². The summed E-state index contributed by atoms with van der Waals surface area (Å²) >= 11 is 0. The van der Waals surface area contributed by atoms with Crippen molar-refractivity contribution in [3.8, 4) is 0 Å². The van der Waals surface area contributed by atoms with E-state index in [2.05, 4.69) is 0 Å². The molecular weight excluding hydrogens is 206 g/mol. The summed E-state index contributed by atoms with van der Waals surface area (Å²) in [7, 11) is 0. The minimum Gasteiger partial charge on any atom is -0.150 e. The van der Waals surface area contributed by atoms with Crippen molar-refractivity contribution in [1.82, 2.24) is 0 Å². The molecule has 16 heavy (non-hydrogen) atoms. The smallest absolute Gasteiger partial charge is 0.150 e. The van der Waals surface area contributed by atoms with Gasteiger partial charge >= 0.3 is 5.09 Å². The molecule has 88 valence electrons. The van der Waals surface area contributed by atoms with E-state index in [-0.39, 0.29) is 5.09 Å². The maximum absolute atomic E-state index is 11.4. The first-order valence-electron chi connectivity index (χ1n) is 6.06. The maximum atomic E-state index is 11.4. The Hall–Kier alpha value is -1.32. The summed E-state index contributed by atoms with van der Waals surface area (Å²) in [5.74, 6) is 1.47. The van der Waals surface area contributed by atoms with Crippen molar-refractivity contribution in [3.63, 3.8) is 0 Å². The predicted molar refractivity (Wildman–Crippen MR) is 58.9 cm³/mol. The van der Waals surface area contributed by atoms with E-state index in [9.17, 15) is 4.91 Å². The highest BCUT2D eigenvalue weighted by atomic mass is 17.0. The van der Waals surface area contributed by atoms with E-state index >= 15 is 0 Å². The van der Waals surface area contributed by atoms with Crippen LogP contribution in [0.3, 0.4) is 0 Å². The fraction of sp³-hybridized carbons (Fsp3) is 0.667. The van der Waals surface area contributed by atoms with Gasteiger partial charge in [0.2, 0.25) is 0 Å². The summed E-state index contributed by atoms with van der Waals surface area (Å²) in [6.07, 6.45) is 12.1. The van der Waals surface area contributed by atoms with Crippen molar-refractivity contribution in [2.45, 2.75) is 51.4 Å². The number of allylic oxidation sites excluding steroid dienone is 4. The highest BCUT2D eigenvalue weighted by Crippen LogP contribution is 2.21. The summed E-state index contributed by atoms with van der Waals surface area (Å²) in [6.45, 7) is 0. The lowest BCUT2D eigenvalue weighted by atomic mass is 10.1. The molecule has 2 aliphatic carbocycles. The van der Waals surface area contributed by atoms with E-state index in [4.69, 9.17) is 9.68 Å². The Morgan fingerprint density at radius 2 is 1.38 bits per heavy atom. The summed E-state index contributed by atoms with van der Waals surface area (Å²) in [5, 5.41) is 0.244. The highest BCUT2D eigenvalue weighted by Gasteiger charge is 2.21. The lowest BCUT2D eigenvalue weighted by Crippen LogP contribution is -2.12. The summed E-state index contributed by atoms with van der Waals surface area (Å²) in [4.78, 5) is 21.5. The Morgan fingerprint density at radius 1 is 0.875 bits per heavy atom. The van der Waals surface area contributed by atoms with Crippen LogP contribution in [0, 0.1) is 4.91 Å². The Labute approximate surface area is 95.4 Å². The quantitative estimate of drug-likeness (QED) is 0.685. The molecule has 0 aromatic carbocycles. The van der Waals surface area contributed by atoms with Crippen molar-refractivity contribution in [2.75, 3.05) is 0 Å². The van der Waals surface area contributed by atoms with Gasteiger partial charge in [-0.3, -0.25) is 0 Å². The van der Waals surface area contributed by atoms with Gasteiger partial charge in [-0.25, -0.2) is 0 Å². The van der Waals surface area contributed by atoms with Gasteiger partial charge in [0.05, 0.1) is 0 Å². The third-order valence-corrected chi connectivity index (χ3v) is 2.88. The minimum atomic E-state index is 0.244. The molecule has 0 aromatic rings. The first-order valence-corrected chi connectivity index (χ1v) is 6.06. The molecule has 0 atom stereocenters. The molecule has 0 heterocycles. The zero-order chi connectivity index (χ0) is 11.2. The highest BCUT2D eigenvalue weighted by molar-refractivity contribution is 4.96. The molecule has 0 saturated heterocycles. The molecule has 0 aromatic heterocycles. The maximum Gasteiger partial charge on any atom is 0.488 e. The van der Waals surface area contributed by atoms with Gasteiger partial charge in [0.15, 0.2) is 11.5 Å². The Kier molecular flexibility index (Phi) is 3.97. The van der Waals surface area contributed by atoms with Crippen molar-refractivity contribution in [2.24, 2.45) is 0 Å². The van der Waals surface area contributed by atoms with Gasteiger partial charge in [0.25, 0.3) is 0 Å². The van der Waals surface area contributed by atoms with Crippen LogP contribution in [-0.4, -0.2) is 5.09 Å². The Bertz CT molecular complexity index is 290. The first-order chi connectivity index (χ1) is 7.84. The largest absolute Gasteiger partial charge is 0.488 e. The molecule has 0 N–H and O–H groups in total. The Morgan fingerprint density at radius 3 is 1.75 bits per heavy atom. The van der Waals surface area contributed by atoms with Crippen molar-refractivity contribution in [3.05, 3.63) is 28.6 Å². The second-order valence-electron chi connectivity index (χ2n) is 4.24. The van der Waals surface area contributed by atoms with Crippen LogP contribution in [0.2, 0.25) is 0 Å². The molecule has 0 amide bonds.